The van der Waals surface area contributed by atoms with Gasteiger partial charge >= 0.3 is 0 Å². The summed E-state index contributed by atoms with van der Waals surface area (Å²) in [6.07, 6.45) is -2.88. The number of ether oxygens (including phenoxy) is 1. The second-order valence-electron chi connectivity index (χ2n) is 4.78. The molecule has 7 heteroatoms. The zero-order valence-electron chi connectivity index (χ0n) is 11.8. The highest BCUT2D eigenvalue weighted by atomic mass is 35.5. The number of rotatable bonds is 5. The summed E-state index contributed by atoms with van der Waals surface area (Å²) in [6.45, 7) is 2.68. The first kappa shape index (κ1) is 18.1. The predicted octanol–water partition coefficient (Wildman–Crippen LogP) is 2.86. The molecule has 2 rings (SSSR count). The van der Waals surface area contributed by atoms with Gasteiger partial charge in [0.15, 0.2) is 0 Å². The molecule has 3 nitrogen and oxygen atoms in total. The van der Waals surface area contributed by atoms with Gasteiger partial charge in [-0.05, 0) is 12.1 Å². The lowest BCUT2D eigenvalue weighted by atomic mass is 9.99. The van der Waals surface area contributed by atoms with E-state index in [-0.39, 0.29) is 18.0 Å². The first-order valence-corrected chi connectivity index (χ1v) is 6.68. The Labute approximate surface area is 128 Å². The molecule has 1 atom stereocenters. The second kappa shape index (κ2) is 8.46. The number of benzene rings is 1. The van der Waals surface area contributed by atoms with Gasteiger partial charge in [-0.3, -0.25) is 4.90 Å². The maximum atomic E-state index is 14.1. The molecule has 1 N–H and O–H groups in total. The number of nitrogens with zero attached hydrogens (tertiary/aromatic N) is 1. The topological polar surface area (TPSA) is 24.5 Å². The van der Waals surface area contributed by atoms with Crippen molar-refractivity contribution in [1.29, 1.82) is 0 Å². The van der Waals surface area contributed by atoms with Crippen LogP contribution in [0.15, 0.2) is 18.2 Å². The summed E-state index contributed by atoms with van der Waals surface area (Å²) in [7, 11) is 1.43. The SMILES string of the molecule is COc1cccc(F)c1[C@H](CC(F)F)N1CCNCC1.Cl. The molecule has 0 radical (unpaired) electrons. The van der Waals surface area contributed by atoms with Crippen LogP contribution < -0.4 is 10.1 Å². The molecule has 1 aliphatic rings. The molecule has 0 spiro atoms. The minimum absolute atomic E-state index is 0. The predicted molar refractivity (Wildman–Crippen MR) is 78.0 cm³/mol. The summed E-state index contributed by atoms with van der Waals surface area (Å²) in [5.41, 5.74) is 0.234. The smallest absolute Gasteiger partial charge is 0.240 e. The zero-order chi connectivity index (χ0) is 14.5. The Balaban J connectivity index is 0.00000220. The van der Waals surface area contributed by atoms with Crippen molar-refractivity contribution in [2.24, 2.45) is 0 Å². The Morgan fingerprint density at radius 2 is 1.95 bits per heavy atom. The molecule has 21 heavy (non-hydrogen) atoms. The molecule has 1 aromatic rings. The molecule has 120 valence electrons. The molecule has 0 aromatic heterocycles. The van der Waals surface area contributed by atoms with Gasteiger partial charge in [0.05, 0.1) is 7.11 Å². The van der Waals surface area contributed by atoms with E-state index in [1.54, 1.807) is 6.07 Å². The van der Waals surface area contributed by atoms with Crippen LogP contribution in [0, 0.1) is 5.82 Å². The lowest BCUT2D eigenvalue weighted by molar-refractivity contribution is 0.0714. The van der Waals surface area contributed by atoms with E-state index in [0.717, 1.165) is 13.1 Å². The van der Waals surface area contributed by atoms with E-state index >= 15 is 0 Å². The summed E-state index contributed by atoms with van der Waals surface area (Å²) in [4.78, 5) is 1.89. The zero-order valence-corrected chi connectivity index (χ0v) is 12.6. The molecule has 1 heterocycles. The van der Waals surface area contributed by atoms with Crippen molar-refractivity contribution in [2.75, 3.05) is 33.3 Å². The third-order valence-corrected chi connectivity index (χ3v) is 3.56. The lowest BCUT2D eigenvalue weighted by Crippen LogP contribution is -2.45. The van der Waals surface area contributed by atoms with Crippen LogP contribution in [0.3, 0.4) is 0 Å². The van der Waals surface area contributed by atoms with Crippen molar-refractivity contribution < 1.29 is 17.9 Å². The van der Waals surface area contributed by atoms with Crippen molar-refractivity contribution in [1.82, 2.24) is 10.2 Å². The number of halogens is 4. The Hall–Kier alpha value is -0.980. The lowest BCUT2D eigenvalue weighted by Gasteiger charge is -2.35. The Morgan fingerprint density at radius 3 is 2.52 bits per heavy atom. The third-order valence-electron chi connectivity index (χ3n) is 3.56. The van der Waals surface area contributed by atoms with E-state index in [0.29, 0.717) is 18.8 Å². The van der Waals surface area contributed by atoms with Gasteiger partial charge < -0.3 is 10.1 Å². The van der Waals surface area contributed by atoms with Crippen LogP contribution in [0.2, 0.25) is 0 Å². The highest BCUT2D eigenvalue weighted by Gasteiger charge is 2.30. The molecule has 1 fully saturated rings. The Kier molecular flexibility index (Phi) is 7.28. The van der Waals surface area contributed by atoms with Gasteiger partial charge in [-0.25, -0.2) is 13.2 Å². The Bertz CT molecular complexity index is 442. The Morgan fingerprint density at radius 1 is 1.29 bits per heavy atom. The van der Waals surface area contributed by atoms with Crippen LogP contribution >= 0.6 is 12.4 Å². The van der Waals surface area contributed by atoms with E-state index in [4.69, 9.17) is 4.74 Å². The number of hydrogen-bond acceptors (Lipinski definition) is 3. The van der Waals surface area contributed by atoms with Crippen LogP contribution in [-0.2, 0) is 0 Å². The highest BCUT2D eigenvalue weighted by molar-refractivity contribution is 5.85. The summed E-state index contributed by atoms with van der Waals surface area (Å²) in [5, 5.41) is 3.16. The first-order chi connectivity index (χ1) is 9.63. The van der Waals surface area contributed by atoms with E-state index in [1.807, 2.05) is 4.90 Å². The number of piperazine rings is 1. The van der Waals surface area contributed by atoms with E-state index in [1.165, 1.54) is 19.2 Å². The van der Waals surface area contributed by atoms with Crippen molar-refractivity contribution in [3.63, 3.8) is 0 Å². The third kappa shape index (κ3) is 4.49. The van der Waals surface area contributed by atoms with Gasteiger partial charge in [0, 0.05) is 44.2 Å². The number of hydrogen-bond donors (Lipinski definition) is 1. The van der Waals surface area contributed by atoms with Crippen molar-refractivity contribution in [3.05, 3.63) is 29.6 Å². The number of alkyl halides is 2. The van der Waals surface area contributed by atoms with Gasteiger partial charge in [-0.1, -0.05) is 6.07 Å². The minimum atomic E-state index is -2.49. The second-order valence-corrected chi connectivity index (χ2v) is 4.78. The molecule has 1 aromatic carbocycles. The van der Waals surface area contributed by atoms with Crippen LogP contribution in [0.4, 0.5) is 13.2 Å². The normalized spacial score (nSPS) is 17.4. The fraction of sp³-hybridized carbons (Fsp3) is 0.571. The van der Waals surface area contributed by atoms with Gasteiger partial charge in [0.1, 0.15) is 11.6 Å². The van der Waals surface area contributed by atoms with Crippen molar-refractivity contribution in [3.8, 4) is 5.75 Å². The molecule has 1 aliphatic heterocycles. The maximum Gasteiger partial charge on any atom is 0.240 e. The van der Waals surface area contributed by atoms with Crippen molar-refractivity contribution in [2.45, 2.75) is 18.9 Å². The van der Waals surface area contributed by atoms with E-state index < -0.39 is 24.7 Å². The summed E-state index contributed by atoms with van der Waals surface area (Å²) in [6, 6.07) is 3.76. The van der Waals surface area contributed by atoms with Gasteiger partial charge in [0.25, 0.3) is 0 Å². The van der Waals surface area contributed by atoms with Crippen LogP contribution in [-0.4, -0.2) is 44.6 Å². The molecule has 1 saturated heterocycles. The highest BCUT2D eigenvalue weighted by Crippen LogP contribution is 2.35. The quantitative estimate of drug-likeness (QED) is 0.901. The molecule has 0 bridgehead atoms. The minimum Gasteiger partial charge on any atom is -0.496 e. The summed E-state index contributed by atoms with van der Waals surface area (Å²) in [5.74, 6) is -0.164. The fourth-order valence-electron chi connectivity index (χ4n) is 2.63. The summed E-state index contributed by atoms with van der Waals surface area (Å²) < 4.78 is 45.1. The molecule has 0 amide bonds. The standard InChI is InChI=1S/C14H19F3N2O.ClH/c1-20-12-4-2-3-10(15)14(12)11(9-13(16)17)19-7-5-18-6-8-19;/h2-4,11,13,18H,5-9H2,1H3;1H/t11-;/m0./s1. The average molecular weight is 325 g/mol. The molecule has 0 aliphatic carbocycles. The maximum absolute atomic E-state index is 14.1. The molecule has 0 unspecified atom stereocenters. The van der Waals surface area contributed by atoms with Crippen LogP contribution in [0.5, 0.6) is 5.75 Å². The monoisotopic (exact) mass is 324 g/mol. The van der Waals surface area contributed by atoms with E-state index in [2.05, 4.69) is 5.32 Å². The molecular formula is C14H20ClF3N2O. The van der Waals surface area contributed by atoms with Gasteiger partial charge in [0.2, 0.25) is 6.43 Å². The average Bonchev–Trinajstić information content (AvgIpc) is 2.45. The van der Waals surface area contributed by atoms with Crippen LogP contribution in [0.1, 0.15) is 18.0 Å². The molecular weight excluding hydrogens is 305 g/mol. The molecule has 0 saturated carbocycles. The summed E-state index contributed by atoms with van der Waals surface area (Å²) >= 11 is 0. The van der Waals surface area contributed by atoms with Gasteiger partial charge in [-0.15, -0.1) is 12.4 Å². The number of nitrogens with one attached hydrogen (secondary N) is 1. The first-order valence-electron chi connectivity index (χ1n) is 6.68. The van der Waals surface area contributed by atoms with Crippen LogP contribution in [0.25, 0.3) is 0 Å². The fourth-order valence-corrected chi connectivity index (χ4v) is 2.63. The van der Waals surface area contributed by atoms with Crippen molar-refractivity contribution >= 4 is 12.4 Å². The largest absolute Gasteiger partial charge is 0.496 e. The number of methoxy groups -OCH3 is 1. The van der Waals surface area contributed by atoms with Gasteiger partial charge in [-0.2, -0.15) is 0 Å². The van der Waals surface area contributed by atoms with E-state index in [9.17, 15) is 13.2 Å².